The summed E-state index contributed by atoms with van der Waals surface area (Å²) >= 11 is 0. The van der Waals surface area contributed by atoms with Crippen molar-refractivity contribution < 1.29 is 9.53 Å². The van der Waals surface area contributed by atoms with E-state index in [1.807, 2.05) is 30.3 Å². The molecule has 0 aliphatic heterocycles. The summed E-state index contributed by atoms with van der Waals surface area (Å²) in [6, 6.07) is 9.62. The number of ether oxygens (including phenoxy) is 1. The molecule has 0 heterocycles. The Morgan fingerprint density at radius 3 is 2.62 bits per heavy atom. The first-order valence-electron chi connectivity index (χ1n) is 3.94. The molecule has 0 aliphatic carbocycles. The molecule has 0 fully saturated rings. The zero-order valence-electron chi connectivity index (χ0n) is 7.56. The van der Waals surface area contributed by atoms with Crippen LogP contribution < -0.4 is 0 Å². The van der Waals surface area contributed by atoms with Crippen LogP contribution in [0.3, 0.4) is 0 Å². The maximum absolute atomic E-state index is 11.0. The minimum absolute atomic E-state index is 0.427. The van der Waals surface area contributed by atoms with Gasteiger partial charge >= 0.3 is 6.09 Å². The Hall–Kier alpha value is -1.51. The normalized spacial score (nSPS) is 9.38. The van der Waals surface area contributed by atoms with Gasteiger partial charge in [-0.25, -0.2) is 4.79 Å². The van der Waals surface area contributed by atoms with Crippen molar-refractivity contribution in [3.63, 3.8) is 0 Å². The zero-order valence-corrected chi connectivity index (χ0v) is 7.56. The standard InChI is InChI=1S/C10H12NO2/c1-11(10(12)13-2)8-9-6-4-3-5-7-9/h3-7H,1,8H2,2H3. The fourth-order valence-electron chi connectivity index (χ4n) is 0.997. The third kappa shape index (κ3) is 2.78. The number of benzene rings is 1. The number of carbonyl (C=O) groups excluding carboxylic acids is 1. The SMILES string of the molecule is [CH2]N(Cc1ccccc1)C(=O)OC. The molecule has 0 atom stereocenters. The molecule has 3 heteroatoms. The molecular formula is C10H12NO2. The number of methoxy groups -OCH3 is 1. The largest absolute Gasteiger partial charge is 0.453 e. The molecular weight excluding hydrogens is 166 g/mol. The minimum atomic E-state index is -0.427. The molecule has 1 aromatic rings. The first-order chi connectivity index (χ1) is 6.24. The molecule has 69 valence electrons. The summed E-state index contributed by atoms with van der Waals surface area (Å²) in [5.74, 6) is 0. The highest BCUT2D eigenvalue weighted by Gasteiger charge is 2.07. The van der Waals surface area contributed by atoms with E-state index in [1.54, 1.807) is 0 Å². The van der Waals surface area contributed by atoms with Crippen LogP contribution in [0.1, 0.15) is 5.56 Å². The van der Waals surface area contributed by atoms with Crippen LogP contribution in [0.2, 0.25) is 0 Å². The lowest BCUT2D eigenvalue weighted by Crippen LogP contribution is -2.23. The Morgan fingerprint density at radius 2 is 2.08 bits per heavy atom. The monoisotopic (exact) mass is 178 g/mol. The van der Waals surface area contributed by atoms with E-state index in [2.05, 4.69) is 11.8 Å². The highest BCUT2D eigenvalue weighted by molar-refractivity contribution is 5.67. The van der Waals surface area contributed by atoms with Crippen molar-refractivity contribution in [2.24, 2.45) is 0 Å². The molecule has 0 aromatic heterocycles. The van der Waals surface area contributed by atoms with Crippen LogP contribution in [0.4, 0.5) is 4.79 Å². The molecule has 0 saturated carbocycles. The fraction of sp³-hybridized carbons (Fsp3) is 0.200. The Bertz CT molecular complexity index is 272. The molecule has 0 unspecified atom stereocenters. The van der Waals surface area contributed by atoms with Gasteiger partial charge in [0.15, 0.2) is 0 Å². The molecule has 13 heavy (non-hydrogen) atoms. The van der Waals surface area contributed by atoms with E-state index in [4.69, 9.17) is 0 Å². The highest BCUT2D eigenvalue weighted by atomic mass is 16.5. The maximum Gasteiger partial charge on any atom is 0.409 e. The van der Waals surface area contributed by atoms with Crippen molar-refractivity contribution in [2.75, 3.05) is 7.11 Å². The molecule has 1 rings (SSSR count). The van der Waals surface area contributed by atoms with Crippen molar-refractivity contribution in [1.29, 1.82) is 0 Å². The summed E-state index contributed by atoms with van der Waals surface area (Å²) in [6.45, 7) is 0.466. The van der Waals surface area contributed by atoms with Gasteiger partial charge in [0.1, 0.15) is 0 Å². The lowest BCUT2D eigenvalue weighted by Gasteiger charge is -2.14. The van der Waals surface area contributed by atoms with Crippen molar-refractivity contribution in [3.8, 4) is 0 Å². The minimum Gasteiger partial charge on any atom is -0.453 e. The average Bonchev–Trinajstić information content (AvgIpc) is 2.18. The average molecular weight is 178 g/mol. The van der Waals surface area contributed by atoms with E-state index >= 15 is 0 Å². The van der Waals surface area contributed by atoms with E-state index in [-0.39, 0.29) is 0 Å². The highest BCUT2D eigenvalue weighted by Crippen LogP contribution is 2.03. The van der Waals surface area contributed by atoms with Gasteiger partial charge < -0.3 is 9.64 Å². The van der Waals surface area contributed by atoms with Crippen molar-refractivity contribution in [1.82, 2.24) is 4.90 Å². The molecule has 1 amide bonds. The maximum atomic E-state index is 11.0. The van der Waals surface area contributed by atoms with Crippen LogP contribution in [0.25, 0.3) is 0 Å². The van der Waals surface area contributed by atoms with E-state index in [9.17, 15) is 4.79 Å². The number of nitrogens with zero attached hydrogens (tertiary/aromatic N) is 1. The van der Waals surface area contributed by atoms with Crippen molar-refractivity contribution in [2.45, 2.75) is 6.54 Å². The third-order valence-electron chi connectivity index (χ3n) is 1.65. The number of hydrogen-bond acceptors (Lipinski definition) is 2. The van der Waals surface area contributed by atoms with Crippen LogP contribution in [-0.2, 0) is 11.3 Å². The van der Waals surface area contributed by atoms with Crippen LogP contribution in [0.5, 0.6) is 0 Å². The number of amides is 1. The van der Waals surface area contributed by atoms with E-state index in [0.717, 1.165) is 5.56 Å². The number of carbonyl (C=O) groups is 1. The van der Waals surface area contributed by atoms with Gasteiger partial charge in [-0.2, -0.15) is 0 Å². The molecule has 0 bridgehead atoms. The molecule has 1 aromatic carbocycles. The second-order valence-electron chi connectivity index (χ2n) is 2.65. The van der Waals surface area contributed by atoms with Gasteiger partial charge in [0.05, 0.1) is 7.11 Å². The first kappa shape index (κ1) is 9.58. The zero-order chi connectivity index (χ0) is 9.68. The Morgan fingerprint density at radius 1 is 1.46 bits per heavy atom. The van der Waals surface area contributed by atoms with Gasteiger partial charge in [-0.3, -0.25) is 0 Å². The number of rotatable bonds is 2. The second kappa shape index (κ2) is 4.50. The Kier molecular flexibility index (Phi) is 3.31. The number of hydrogen-bond donors (Lipinski definition) is 0. The molecule has 0 aliphatic rings. The lowest BCUT2D eigenvalue weighted by molar-refractivity contribution is 0.137. The molecule has 1 radical (unpaired) electrons. The van der Waals surface area contributed by atoms with Gasteiger partial charge in [0, 0.05) is 13.6 Å². The predicted octanol–water partition coefficient (Wildman–Crippen LogP) is 2.05. The van der Waals surface area contributed by atoms with Gasteiger partial charge in [0.25, 0.3) is 0 Å². The third-order valence-corrected chi connectivity index (χ3v) is 1.65. The molecule has 0 N–H and O–H groups in total. The smallest absolute Gasteiger partial charge is 0.409 e. The van der Waals surface area contributed by atoms with Crippen LogP contribution in [0, 0.1) is 7.05 Å². The first-order valence-corrected chi connectivity index (χ1v) is 3.94. The predicted molar refractivity (Wildman–Crippen MR) is 49.7 cm³/mol. The molecule has 0 spiro atoms. The van der Waals surface area contributed by atoms with Crippen molar-refractivity contribution >= 4 is 6.09 Å². The Balaban J connectivity index is 2.55. The van der Waals surface area contributed by atoms with E-state index in [0.29, 0.717) is 6.54 Å². The van der Waals surface area contributed by atoms with E-state index in [1.165, 1.54) is 12.0 Å². The summed E-state index contributed by atoms with van der Waals surface area (Å²) in [6.07, 6.45) is -0.427. The van der Waals surface area contributed by atoms with Crippen LogP contribution in [0.15, 0.2) is 30.3 Å². The Labute approximate surface area is 77.9 Å². The van der Waals surface area contributed by atoms with Gasteiger partial charge in [-0.1, -0.05) is 30.3 Å². The molecule has 0 saturated heterocycles. The molecule has 3 nitrogen and oxygen atoms in total. The fourth-order valence-corrected chi connectivity index (χ4v) is 0.997. The second-order valence-corrected chi connectivity index (χ2v) is 2.65. The van der Waals surface area contributed by atoms with Gasteiger partial charge in [-0.05, 0) is 5.56 Å². The summed E-state index contributed by atoms with van der Waals surface area (Å²) in [5.41, 5.74) is 1.03. The van der Waals surface area contributed by atoms with Crippen LogP contribution >= 0.6 is 0 Å². The topological polar surface area (TPSA) is 29.5 Å². The summed E-state index contributed by atoms with van der Waals surface area (Å²) in [4.78, 5) is 12.2. The lowest BCUT2D eigenvalue weighted by atomic mass is 10.2. The summed E-state index contributed by atoms with van der Waals surface area (Å²) < 4.78 is 4.51. The summed E-state index contributed by atoms with van der Waals surface area (Å²) in [7, 11) is 4.90. The summed E-state index contributed by atoms with van der Waals surface area (Å²) in [5, 5.41) is 0. The van der Waals surface area contributed by atoms with E-state index < -0.39 is 6.09 Å². The van der Waals surface area contributed by atoms with Crippen molar-refractivity contribution in [3.05, 3.63) is 42.9 Å². The quantitative estimate of drug-likeness (QED) is 0.693. The van der Waals surface area contributed by atoms with Gasteiger partial charge in [0.2, 0.25) is 0 Å². The van der Waals surface area contributed by atoms with Gasteiger partial charge in [-0.15, -0.1) is 0 Å². The van der Waals surface area contributed by atoms with Crippen LogP contribution in [-0.4, -0.2) is 18.1 Å².